The standard InChI is InChI=1S/C24H23Cl2N3O5S/c1-29(35(31,32)23-13-19(25)9-10-20(23)26)15-24(30)28-27-14-18-8-11-21(22(12-18)33-2)34-16-17-6-4-3-5-7-17/h3-14H,15-16H2,1-2H3,(H,28,30)/b27-14-. The topological polar surface area (TPSA) is 97.3 Å². The monoisotopic (exact) mass is 535 g/mol. The number of likely N-dealkylation sites (N-methyl/N-ethyl adjacent to an activating group) is 1. The third kappa shape index (κ3) is 7.19. The number of rotatable bonds is 10. The average molecular weight is 536 g/mol. The highest BCUT2D eigenvalue weighted by atomic mass is 35.5. The number of halogens is 2. The van der Waals surface area contributed by atoms with E-state index in [0.29, 0.717) is 23.7 Å². The van der Waals surface area contributed by atoms with E-state index in [0.717, 1.165) is 9.87 Å². The van der Waals surface area contributed by atoms with Gasteiger partial charge in [-0.15, -0.1) is 0 Å². The summed E-state index contributed by atoms with van der Waals surface area (Å²) in [7, 11) is -1.25. The summed E-state index contributed by atoms with van der Waals surface area (Å²) in [5, 5.41) is 4.11. The molecule has 3 aromatic carbocycles. The Morgan fingerprint density at radius 2 is 1.80 bits per heavy atom. The summed E-state index contributed by atoms with van der Waals surface area (Å²) < 4.78 is 37.5. The van der Waals surface area contributed by atoms with Crippen molar-refractivity contribution in [3.05, 3.63) is 87.9 Å². The lowest BCUT2D eigenvalue weighted by atomic mass is 10.2. The van der Waals surface area contributed by atoms with Crippen molar-refractivity contribution in [1.82, 2.24) is 9.73 Å². The van der Waals surface area contributed by atoms with Gasteiger partial charge < -0.3 is 9.47 Å². The van der Waals surface area contributed by atoms with Gasteiger partial charge in [0.2, 0.25) is 10.0 Å². The van der Waals surface area contributed by atoms with Gasteiger partial charge in [-0.25, -0.2) is 13.8 Å². The maximum absolute atomic E-state index is 12.7. The lowest BCUT2D eigenvalue weighted by molar-refractivity contribution is -0.121. The normalized spacial score (nSPS) is 11.6. The summed E-state index contributed by atoms with van der Waals surface area (Å²) >= 11 is 11.9. The smallest absolute Gasteiger partial charge is 0.255 e. The molecule has 0 fully saturated rings. The van der Waals surface area contributed by atoms with E-state index in [9.17, 15) is 13.2 Å². The van der Waals surface area contributed by atoms with E-state index in [1.54, 1.807) is 18.2 Å². The molecule has 0 atom stereocenters. The van der Waals surface area contributed by atoms with Crippen LogP contribution in [0.3, 0.4) is 0 Å². The first-order valence-corrected chi connectivity index (χ1v) is 12.5. The van der Waals surface area contributed by atoms with Gasteiger partial charge in [-0.1, -0.05) is 53.5 Å². The molecular weight excluding hydrogens is 513 g/mol. The number of ether oxygens (including phenoxy) is 2. The third-order valence-corrected chi connectivity index (χ3v) is 7.30. The molecule has 1 amide bonds. The fraction of sp³-hybridized carbons (Fsp3) is 0.167. The molecule has 0 saturated carbocycles. The van der Waals surface area contributed by atoms with Crippen molar-refractivity contribution >= 4 is 45.3 Å². The van der Waals surface area contributed by atoms with Gasteiger partial charge in [0, 0.05) is 12.1 Å². The van der Waals surface area contributed by atoms with Gasteiger partial charge in [0.1, 0.15) is 11.5 Å². The van der Waals surface area contributed by atoms with Crippen LogP contribution in [0.5, 0.6) is 11.5 Å². The van der Waals surface area contributed by atoms with Crippen molar-refractivity contribution in [2.75, 3.05) is 20.7 Å². The molecule has 0 heterocycles. The zero-order valence-electron chi connectivity index (χ0n) is 18.9. The van der Waals surface area contributed by atoms with Gasteiger partial charge in [0.05, 0.1) is 24.9 Å². The molecule has 0 saturated heterocycles. The second-order valence-corrected chi connectivity index (χ2v) is 10.2. The van der Waals surface area contributed by atoms with Gasteiger partial charge >= 0.3 is 0 Å². The van der Waals surface area contributed by atoms with Crippen LogP contribution >= 0.6 is 23.2 Å². The largest absolute Gasteiger partial charge is 0.493 e. The maximum atomic E-state index is 12.7. The highest BCUT2D eigenvalue weighted by molar-refractivity contribution is 7.89. The van der Waals surface area contributed by atoms with E-state index in [4.69, 9.17) is 32.7 Å². The van der Waals surface area contributed by atoms with Crippen molar-refractivity contribution in [3.8, 4) is 11.5 Å². The molecule has 11 heteroatoms. The van der Waals surface area contributed by atoms with E-state index in [-0.39, 0.29) is 14.9 Å². The van der Waals surface area contributed by atoms with Crippen LogP contribution in [0, 0.1) is 0 Å². The number of carbonyl (C=O) groups excluding carboxylic acids is 1. The third-order valence-electron chi connectivity index (χ3n) is 4.78. The molecule has 0 aliphatic heterocycles. The van der Waals surface area contributed by atoms with Gasteiger partial charge in [-0.05, 0) is 47.5 Å². The first-order chi connectivity index (χ1) is 16.7. The van der Waals surface area contributed by atoms with Crippen LogP contribution in [0.15, 0.2) is 76.7 Å². The predicted octanol–water partition coefficient (Wildman–Crippen LogP) is 4.35. The number of hydrogen-bond donors (Lipinski definition) is 1. The highest BCUT2D eigenvalue weighted by Crippen LogP contribution is 2.29. The Hall–Kier alpha value is -3.11. The number of sulfonamides is 1. The number of amides is 1. The molecular formula is C24H23Cl2N3O5S. The quantitative estimate of drug-likeness (QED) is 0.307. The van der Waals surface area contributed by atoms with E-state index >= 15 is 0 Å². The number of hydrazone groups is 1. The number of benzene rings is 3. The highest BCUT2D eigenvalue weighted by Gasteiger charge is 2.25. The molecule has 1 N–H and O–H groups in total. The van der Waals surface area contributed by atoms with Crippen molar-refractivity contribution < 1.29 is 22.7 Å². The van der Waals surface area contributed by atoms with Crippen molar-refractivity contribution in [1.29, 1.82) is 0 Å². The Balaban J connectivity index is 1.59. The minimum Gasteiger partial charge on any atom is -0.493 e. The fourth-order valence-corrected chi connectivity index (χ4v) is 4.82. The van der Waals surface area contributed by atoms with Gasteiger partial charge in [0.15, 0.2) is 11.5 Å². The predicted molar refractivity (Wildman–Crippen MR) is 136 cm³/mol. The maximum Gasteiger partial charge on any atom is 0.255 e. The van der Waals surface area contributed by atoms with Crippen molar-refractivity contribution in [2.45, 2.75) is 11.5 Å². The Morgan fingerprint density at radius 1 is 1.06 bits per heavy atom. The van der Waals surface area contributed by atoms with Crippen LogP contribution in [-0.2, 0) is 21.4 Å². The SMILES string of the molecule is COc1cc(/C=N\NC(=O)CN(C)S(=O)(=O)c2cc(Cl)ccc2Cl)ccc1OCc1ccccc1. The van der Waals surface area contributed by atoms with Crippen LogP contribution in [0.25, 0.3) is 0 Å². The molecule has 0 bridgehead atoms. The lowest BCUT2D eigenvalue weighted by Crippen LogP contribution is -2.36. The Kier molecular flexibility index (Phi) is 9.11. The number of nitrogens with zero attached hydrogens (tertiary/aromatic N) is 2. The number of methoxy groups -OCH3 is 1. The van der Waals surface area contributed by atoms with E-state index in [2.05, 4.69) is 10.5 Å². The summed E-state index contributed by atoms with van der Waals surface area (Å²) in [6, 6.07) is 19.0. The average Bonchev–Trinajstić information content (AvgIpc) is 2.85. The molecule has 3 rings (SSSR count). The van der Waals surface area contributed by atoms with E-state index in [1.807, 2.05) is 30.3 Å². The second kappa shape index (κ2) is 12.0. The minimum atomic E-state index is -4.03. The molecule has 184 valence electrons. The lowest BCUT2D eigenvalue weighted by Gasteiger charge is -2.17. The Morgan fingerprint density at radius 3 is 2.51 bits per heavy atom. The summed E-state index contributed by atoms with van der Waals surface area (Å²) in [5.74, 6) is 0.421. The van der Waals surface area contributed by atoms with E-state index in [1.165, 1.54) is 38.6 Å². The van der Waals surface area contributed by atoms with Crippen LogP contribution in [-0.4, -0.2) is 45.5 Å². The first-order valence-electron chi connectivity index (χ1n) is 10.3. The van der Waals surface area contributed by atoms with Gasteiger partial charge in [-0.3, -0.25) is 4.79 Å². The molecule has 35 heavy (non-hydrogen) atoms. The Labute approximate surface area is 214 Å². The molecule has 0 unspecified atom stereocenters. The zero-order chi connectivity index (χ0) is 25.4. The van der Waals surface area contributed by atoms with E-state index < -0.39 is 22.5 Å². The van der Waals surface area contributed by atoms with Gasteiger partial charge in [0.25, 0.3) is 5.91 Å². The van der Waals surface area contributed by atoms with Crippen LogP contribution in [0.1, 0.15) is 11.1 Å². The molecule has 0 aliphatic carbocycles. The summed E-state index contributed by atoms with van der Waals surface area (Å²) in [4.78, 5) is 12.0. The van der Waals surface area contributed by atoms with Crippen LogP contribution in [0.2, 0.25) is 10.0 Å². The van der Waals surface area contributed by atoms with Crippen LogP contribution < -0.4 is 14.9 Å². The molecule has 0 radical (unpaired) electrons. The Bertz CT molecular complexity index is 1320. The number of hydrogen-bond acceptors (Lipinski definition) is 6. The summed E-state index contributed by atoms with van der Waals surface area (Å²) in [5.41, 5.74) is 3.96. The van der Waals surface area contributed by atoms with Crippen molar-refractivity contribution in [3.63, 3.8) is 0 Å². The van der Waals surface area contributed by atoms with Crippen LogP contribution in [0.4, 0.5) is 0 Å². The zero-order valence-corrected chi connectivity index (χ0v) is 21.3. The second-order valence-electron chi connectivity index (χ2n) is 7.31. The molecule has 0 aliphatic rings. The molecule has 3 aromatic rings. The number of nitrogens with one attached hydrogen (secondary N) is 1. The van der Waals surface area contributed by atoms with Gasteiger partial charge in [-0.2, -0.15) is 9.41 Å². The first kappa shape index (κ1) is 26.5. The molecule has 8 nitrogen and oxygen atoms in total. The molecule has 0 spiro atoms. The fourth-order valence-electron chi connectivity index (χ4n) is 2.96. The summed E-state index contributed by atoms with van der Waals surface area (Å²) in [6.45, 7) is -0.0877. The minimum absolute atomic E-state index is 0.00446. The summed E-state index contributed by atoms with van der Waals surface area (Å²) in [6.07, 6.45) is 1.41. The van der Waals surface area contributed by atoms with Crippen molar-refractivity contribution in [2.24, 2.45) is 5.10 Å². The number of carbonyl (C=O) groups is 1. The molecule has 0 aromatic heterocycles.